The van der Waals surface area contributed by atoms with Crippen molar-refractivity contribution in [2.24, 2.45) is 0 Å². The van der Waals surface area contributed by atoms with Gasteiger partial charge >= 0.3 is 0 Å². The van der Waals surface area contributed by atoms with E-state index in [1.54, 1.807) is 11.8 Å². The molecule has 0 aliphatic carbocycles. The van der Waals surface area contributed by atoms with E-state index in [1.165, 1.54) is 4.90 Å². The second-order valence-electron chi connectivity index (χ2n) is 4.11. The van der Waals surface area contributed by atoms with Crippen LogP contribution in [-0.4, -0.2) is 17.7 Å². The van der Waals surface area contributed by atoms with Crippen LogP contribution in [0.15, 0.2) is 23.1 Å². The summed E-state index contributed by atoms with van der Waals surface area (Å²) in [6, 6.07) is 6.13. The summed E-state index contributed by atoms with van der Waals surface area (Å²) in [5.41, 5.74) is 0.995. The molecule has 3 heteroatoms. The van der Waals surface area contributed by atoms with Crippen molar-refractivity contribution in [1.29, 1.82) is 0 Å². The highest BCUT2D eigenvalue weighted by Crippen LogP contribution is 2.38. The van der Waals surface area contributed by atoms with Crippen LogP contribution in [0, 0.1) is 0 Å². The Balaban J connectivity index is 2.38. The summed E-state index contributed by atoms with van der Waals surface area (Å²) in [4.78, 5) is 1.18. The molecule has 1 aliphatic rings. The summed E-state index contributed by atoms with van der Waals surface area (Å²) in [6.45, 7) is 4.24. The third-order valence-corrected chi connectivity index (χ3v) is 3.42. The molecule has 0 aromatic heterocycles. The first-order chi connectivity index (χ1) is 6.63. The zero-order valence-corrected chi connectivity index (χ0v) is 9.23. The molecular weight excluding hydrogens is 196 g/mol. The van der Waals surface area contributed by atoms with E-state index < -0.39 is 0 Å². The molecule has 1 aromatic rings. The lowest BCUT2D eigenvalue weighted by molar-refractivity contribution is 0.218. The van der Waals surface area contributed by atoms with Crippen LogP contribution in [0.1, 0.15) is 19.4 Å². The Bertz CT molecular complexity index is 347. The van der Waals surface area contributed by atoms with Gasteiger partial charge in [-0.15, -0.1) is 0 Å². The molecule has 0 radical (unpaired) electrons. The number of thioether (sulfide) groups is 1. The van der Waals surface area contributed by atoms with Crippen molar-refractivity contribution in [3.63, 3.8) is 0 Å². The molecule has 1 N–H and O–H groups in total. The molecule has 1 aromatic carbocycles. The van der Waals surface area contributed by atoms with Gasteiger partial charge in [0.2, 0.25) is 0 Å². The quantitative estimate of drug-likeness (QED) is 0.812. The Morgan fingerprint density at radius 1 is 1.50 bits per heavy atom. The van der Waals surface area contributed by atoms with Crippen LogP contribution in [0.2, 0.25) is 0 Å². The minimum absolute atomic E-state index is 0.164. The molecule has 76 valence electrons. The first kappa shape index (κ1) is 9.87. The summed E-state index contributed by atoms with van der Waals surface area (Å²) in [7, 11) is 0. The number of aliphatic hydroxyl groups excluding tert-OH is 1. The second kappa shape index (κ2) is 3.48. The van der Waals surface area contributed by atoms with Crippen molar-refractivity contribution in [2.75, 3.05) is 12.5 Å². The monoisotopic (exact) mass is 210 g/mol. The van der Waals surface area contributed by atoms with Crippen LogP contribution >= 0.6 is 11.8 Å². The molecular formula is C11H14O2S. The maximum Gasteiger partial charge on any atom is 0.138 e. The SMILES string of the molecule is CC(C)(CO)c1ccc2c(c1)SCO2. The molecule has 0 spiro atoms. The first-order valence-electron chi connectivity index (χ1n) is 4.64. The van der Waals surface area contributed by atoms with Crippen molar-refractivity contribution in [3.05, 3.63) is 23.8 Å². The highest BCUT2D eigenvalue weighted by atomic mass is 32.2. The number of hydrogen-bond acceptors (Lipinski definition) is 3. The van der Waals surface area contributed by atoms with Gasteiger partial charge in [0.1, 0.15) is 11.7 Å². The van der Waals surface area contributed by atoms with E-state index in [-0.39, 0.29) is 12.0 Å². The molecule has 2 rings (SSSR count). The van der Waals surface area contributed by atoms with Gasteiger partial charge in [-0.3, -0.25) is 0 Å². The molecule has 2 nitrogen and oxygen atoms in total. The van der Waals surface area contributed by atoms with Crippen LogP contribution in [0.3, 0.4) is 0 Å². The van der Waals surface area contributed by atoms with Gasteiger partial charge in [-0.1, -0.05) is 31.7 Å². The lowest BCUT2D eigenvalue weighted by Gasteiger charge is -2.22. The molecule has 1 heterocycles. The number of rotatable bonds is 2. The Morgan fingerprint density at radius 3 is 3.00 bits per heavy atom. The van der Waals surface area contributed by atoms with E-state index in [2.05, 4.69) is 6.07 Å². The highest BCUT2D eigenvalue weighted by molar-refractivity contribution is 7.99. The Kier molecular flexibility index (Phi) is 2.45. The van der Waals surface area contributed by atoms with Crippen molar-refractivity contribution >= 4 is 11.8 Å². The number of fused-ring (bicyclic) bond motifs is 1. The summed E-state index contributed by atoms with van der Waals surface area (Å²) in [5, 5.41) is 9.26. The fraction of sp³-hybridized carbons (Fsp3) is 0.455. The average Bonchev–Trinajstić information content (AvgIpc) is 2.64. The summed E-state index contributed by atoms with van der Waals surface area (Å²) in [6.07, 6.45) is 0. The lowest BCUT2D eigenvalue weighted by Crippen LogP contribution is -2.21. The molecule has 1 aliphatic heterocycles. The van der Waals surface area contributed by atoms with E-state index in [0.29, 0.717) is 5.94 Å². The molecule has 0 saturated carbocycles. The van der Waals surface area contributed by atoms with Crippen LogP contribution in [-0.2, 0) is 5.41 Å². The predicted octanol–water partition coefficient (Wildman–Crippen LogP) is 2.40. The van der Waals surface area contributed by atoms with Crippen molar-refractivity contribution in [2.45, 2.75) is 24.2 Å². The van der Waals surface area contributed by atoms with E-state index >= 15 is 0 Å². The number of aliphatic hydroxyl groups is 1. The zero-order chi connectivity index (χ0) is 10.2. The molecule has 0 amide bonds. The molecule has 0 bridgehead atoms. The summed E-state index contributed by atoms with van der Waals surface area (Å²) >= 11 is 1.70. The zero-order valence-electron chi connectivity index (χ0n) is 8.41. The Morgan fingerprint density at radius 2 is 2.29 bits per heavy atom. The minimum atomic E-state index is -0.168. The fourth-order valence-corrected chi connectivity index (χ4v) is 2.20. The van der Waals surface area contributed by atoms with Crippen LogP contribution in [0.25, 0.3) is 0 Å². The van der Waals surface area contributed by atoms with Gasteiger partial charge in [0.15, 0.2) is 0 Å². The van der Waals surface area contributed by atoms with Gasteiger partial charge in [0.25, 0.3) is 0 Å². The molecule has 0 unspecified atom stereocenters. The fourth-order valence-electron chi connectivity index (χ4n) is 1.41. The van der Waals surface area contributed by atoms with Crippen LogP contribution in [0.5, 0.6) is 5.75 Å². The van der Waals surface area contributed by atoms with E-state index in [4.69, 9.17) is 4.74 Å². The third kappa shape index (κ3) is 1.62. The molecule has 0 atom stereocenters. The number of ether oxygens (including phenoxy) is 1. The maximum atomic E-state index is 9.26. The number of hydrogen-bond donors (Lipinski definition) is 1. The van der Waals surface area contributed by atoms with Crippen LogP contribution in [0.4, 0.5) is 0 Å². The third-order valence-electron chi connectivity index (χ3n) is 2.55. The Labute approximate surface area is 88.3 Å². The first-order valence-corrected chi connectivity index (χ1v) is 5.63. The van der Waals surface area contributed by atoms with E-state index in [0.717, 1.165) is 11.3 Å². The topological polar surface area (TPSA) is 29.5 Å². The predicted molar refractivity (Wildman–Crippen MR) is 57.9 cm³/mol. The van der Waals surface area contributed by atoms with Gasteiger partial charge in [0, 0.05) is 5.41 Å². The molecule has 14 heavy (non-hydrogen) atoms. The summed E-state index contributed by atoms with van der Waals surface area (Å²) < 4.78 is 5.40. The molecule has 0 saturated heterocycles. The highest BCUT2D eigenvalue weighted by Gasteiger charge is 2.22. The van der Waals surface area contributed by atoms with Gasteiger partial charge in [-0.25, -0.2) is 0 Å². The largest absolute Gasteiger partial charge is 0.481 e. The van der Waals surface area contributed by atoms with Gasteiger partial charge in [0.05, 0.1) is 11.5 Å². The smallest absolute Gasteiger partial charge is 0.138 e. The standard InChI is InChI=1S/C11H14O2S/c1-11(2,6-12)8-3-4-9-10(5-8)14-7-13-9/h3-5,12H,6-7H2,1-2H3. The number of benzene rings is 1. The van der Waals surface area contributed by atoms with Crippen molar-refractivity contribution < 1.29 is 9.84 Å². The summed E-state index contributed by atoms with van der Waals surface area (Å²) in [5.74, 6) is 1.67. The van der Waals surface area contributed by atoms with Gasteiger partial charge < -0.3 is 9.84 Å². The Hall–Kier alpha value is -0.670. The van der Waals surface area contributed by atoms with Crippen molar-refractivity contribution in [1.82, 2.24) is 0 Å². The van der Waals surface area contributed by atoms with Crippen molar-refractivity contribution in [3.8, 4) is 5.75 Å². The van der Waals surface area contributed by atoms with Gasteiger partial charge in [-0.2, -0.15) is 0 Å². The van der Waals surface area contributed by atoms with E-state index in [9.17, 15) is 5.11 Å². The maximum absolute atomic E-state index is 9.26. The normalized spacial score (nSPS) is 15.1. The molecule has 0 fully saturated rings. The second-order valence-corrected chi connectivity index (χ2v) is 5.07. The average molecular weight is 210 g/mol. The minimum Gasteiger partial charge on any atom is -0.481 e. The lowest BCUT2D eigenvalue weighted by atomic mass is 9.86. The van der Waals surface area contributed by atoms with Gasteiger partial charge in [-0.05, 0) is 17.7 Å². The van der Waals surface area contributed by atoms with E-state index in [1.807, 2.05) is 26.0 Å². The van der Waals surface area contributed by atoms with Crippen LogP contribution < -0.4 is 4.74 Å².